The summed E-state index contributed by atoms with van der Waals surface area (Å²) in [5.41, 5.74) is 0. The molecule has 0 bridgehead atoms. The topological polar surface area (TPSA) is 44.8 Å². The first kappa shape index (κ1) is 10.4. The van der Waals surface area contributed by atoms with Crippen LogP contribution in [0, 0.1) is 0 Å². The highest BCUT2D eigenvalue weighted by molar-refractivity contribution is 5.77. The van der Waals surface area contributed by atoms with E-state index in [0.717, 1.165) is 52.2 Å². The van der Waals surface area contributed by atoms with E-state index in [4.69, 9.17) is 4.74 Å². The van der Waals surface area contributed by atoms with Gasteiger partial charge in [0.15, 0.2) is 0 Å². The molecule has 2 unspecified atom stereocenters. The Labute approximate surface area is 95.7 Å². The predicted molar refractivity (Wildman–Crippen MR) is 59.3 cm³/mol. The first-order valence-electron chi connectivity index (χ1n) is 6.22. The molecule has 3 saturated heterocycles. The lowest BCUT2D eigenvalue weighted by Crippen LogP contribution is -2.49. The molecular weight excluding hydrogens is 206 g/mol. The standard InChI is InChI=1S/C11H19N3O2/c15-11-13(8-10-2-1-5-16-10)7-9-6-12-3-4-14(9)11/h9-10,12H,1-8H2. The number of hydrogen-bond donors (Lipinski definition) is 1. The number of rotatable bonds is 2. The Morgan fingerprint density at radius 1 is 1.50 bits per heavy atom. The average molecular weight is 225 g/mol. The molecule has 3 heterocycles. The van der Waals surface area contributed by atoms with Crippen molar-refractivity contribution in [3.05, 3.63) is 0 Å². The predicted octanol–water partition coefficient (Wildman–Crippen LogP) is -0.125. The van der Waals surface area contributed by atoms with Crippen molar-refractivity contribution in [3.8, 4) is 0 Å². The molecular formula is C11H19N3O2. The zero-order valence-electron chi connectivity index (χ0n) is 9.52. The fourth-order valence-corrected chi connectivity index (χ4v) is 2.88. The van der Waals surface area contributed by atoms with Crippen LogP contribution < -0.4 is 5.32 Å². The van der Waals surface area contributed by atoms with E-state index in [1.54, 1.807) is 0 Å². The summed E-state index contributed by atoms with van der Waals surface area (Å²) in [7, 11) is 0. The summed E-state index contributed by atoms with van der Waals surface area (Å²) >= 11 is 0. The third-order valence-corrected chi connectivity index (χ3v) is 3.75. The zero-order chi connectivity index (χ0) is 11.0. The van der Waals surface area contributed by atoms with E-state index in [9.17, 15) is 4.79 Å². The first-order chi connectivity index (χ1) is 7.84. The van der Waals surface area contributed by atoms with E-state index in [1.165, 1.54) is 0 Å². The number of piperazine rings is 1. The van der Waals surface area contributed by atoms with Gasteiger partial charge in [-0.1, -0.05) is 0 Å². The van der Waals surface area contributed by atoms with Crippen molar-refractivity contribution in [2.24, 2.45) is 0 Å². The van der Waals surface area contributed by atoms with Gasteiger partial charge in [0.05, 0.1) is 12.1 Å². The minimum atomic E-state index is 0.210. The van der Waals surface area contributed by atoms with Gasteiger partial charge < -0.3 is 19.9 Å². The van der Waals surface area contributed by atoms with E-state index in [-0.39, 0.29) is 12.1 Å². The molecule has 2 amide bonds. The van der Waals surface area contributed by atoms with Crippen LogP contribution in [-0.4, -0.2) is 67.3 Å². The van der Waals surface area contributed by atoms with Crippen LogP contribution >= 0.6 is 0 Å². The summed E-state index contributed by atoms with van der Waals surface area (Å²) in [6, 6.07) is 0.588. The van der Waals surface area contributed by atoms with Crippen molar-refractivity contribution < 1.29 is 9.53 Å². The third-order valence-electron chi connectivity index (χ3n) is 3.75. The molecule has 5 heteroatoms. The summed E-state index contributed by atoms with van der Waals surface area (Å²) < 4.78 is 5.59. The Bertz CT molecular complexity index is 278. The highest BCUT2D eigenvalue weighted by atomic mass is 16.5. The molecule has 2 atom stereocenters. The fourth-order valence-electron chi connectivity index (χ4n) is 2.88. The van der Waals surface area contributed by atoms with E-state index in [0.29, 0.717) is 6.04 Å². The summed E-state index contributed by atoms with van der Waals surface area (Å²) in [4.78, 5) is 16.1. The number of nitrogens with one attached hydrogen (secondary N) is 1. The largest absolute Gasteiger partial charge is 0.376 e. The van der Waals surface area contributed by atoms with Gasteiger partial charge in [-0.25, -0.2) is 4.79 Å². The van der Waals surface area contributed by atoms with Crippen LogP contribution in [0.2, 0.25) is 0 Å². The molecule has 1 N–H and O–H groups in total. The second kappa shape index (κ2) is 4.22. The SMILES string of the molecule is O=C1N(CC2CCCO2)CC2CNCCN12. The van der Waals surface area contributed by atoms with Gasteiger partial charge >= 0.3 is 6.03 Å². The molecule has 3 aliphatic rings. The van der Waals surface area contributed by atoms with Crippen molar-refractivity contribution >= 4 is 6.03 Å². The van der Waals surface area contributed by atoms with Crippen molar-refractivity contribution in [3.63, 3.8) is 0 Å². The molecule has 0 aliphatic carbocycles. The second-order valence-corrected chi connectivity index (χ2v) is 4.87. The lowest BCUT2D eigenvalue weighted by molar-refractivity contribution is 0.0857. The maximum atomic E-state index is 12.1. The van der Waals surface area contributed by atoms with Crippen molar-refractivity contribution in [1.82, 2.24) is 15.1 Å². The van der Waals surface area contributed by atoms with E-state index in [2.05, 4.69) is 5.32 Å². The highest BCUT2D eigenvalue weighted by Gasteiger charge is 2.39. The monoisotopic (exact) mass is 225 g/mol. The Balaban J connectivity index is 1.61. The molecule has 3 aliphatic heterocycles. The van der Waals surface area contributed by atoms with Gasteiger partial charge in [0, 0.05) is 39.3 Å². The van der Waals surface area contributed by atoms with Crippen molar-refractivity contribution in [2.45, 2.75) is 25.0 Å². The Hall–Kier alpha value is -0.810. The van der Waals surface area contributed by atoms with Crippen LogP contribution in [0.4, 0.5) is 4.79 Å². The fraction of sp³-hybridized carbons (Fsp3) is 0.909. The van der Waals surface area contributed by atoms with Gasteiger partial charge in [-0.15, -0.1) is 0 Å². The quantitative estimate of drug-likeness (QED) is 0.712. The highest BCUT2D eigenvalue weighted by Crippen LogP contribution is 2.20. The molecule has 90 valence electrons. The van der Waals surface area contributed by atoms with Crippen LogP contribution in [0.3, 0.4) is 0 Å². The van der Waals surface area contributed by atoms with E-state index < -0.39 is 0 Å². The van der Waals surface area contributed by atoms with Gasteiger partial charge in [-0.3, -0.25) is 0 Å². The number of urea groups is 1. The van der Waals surface area contributed by atoms with Crippen LogP contribution in [0.25, 0.3) is 0 Å². The number of amides is 2. The average Bonchev–Trinajstić information content (AvgIpc) is 2.90. The number of fused-ring (bicyclic) bond motifs is 1. The molecule has 3 rings (SSSR count). The summed E-state index contributed by atoms with van der Waals surface area (Å²) in [5.74, 6) is 0. The molecule has 0 radical (unpaired) electrons. The maximum Gasteiger partial charge on any atom is 0.320 e. The van der Waals surface area contributed by atoms with Crippen LogP contribution in [0.1, 0.15) is 12.8 Å². The first-order valence-corrected chi connectivity index (χ1v) is 6.22. The van der Waals surface area contributed by atoms with Gasteiger partial charge in [0.2, 0.25) is 0 Å². The van der Waals surface area contributed by atoms with Crippen molar-refractivity contribution in [1.29, 1.82) is 0 Å². The summed E-state index contributed by atoms with van der Waals surface area (Å²) in [6.07, 6.45) is 2.52. The lowest BCUT2D eigenvalue weighted by Gasteiger charge is -2.28. The molecule has 16 heavy (non-hydrogen) atoms. The minimum absolute atomic E-state index is 0.210. The number of nitrogens with zero attached hydrogens (tertiary/aromatic N) is 2. The van der Waals surface area contributed by atoms with Crippen LogP contribution in [-0.2, 0) is 4.74 Å². The maximum absolute atomic E-state index is 12.1. The molecule has 5 nitrogen and oxygen atoms in total. The molecule has 0 aromatic carbocycles. The summed E-state index contributed by atoms with van der Waals surface area (Å²) in [5, 5.41) is 3.34. The van der Waals surface area contributed by atoms with Gasteiger partial charge in [-0.2, -0.15) is 0 Å². The van der Waals surface area contributed by atoms with Crippen LogP contribution in [0.5, 0.6) is 0 Å². The molecule has 0 saturated carbocycles. The van der Waals surface area contributed by atoms with E-state index in [1.807, 2.05) is 9.80 Å². The Morgan fingerprint density at radius 2 is 2.44 bits per heavy atom. The van der Waals surface area contributed by atoms with Gasteiger partial charge in [0.25, 0.3) is 0 Å². The normalized spacial score (nSPS) is 34.6. The minimum Gasteiger partial charge on any atom is -0.376 e. The smallest absolute Gasteiger partial charge is 0.320 e. The van der Waals surface area contributed by atoms with Gasteiger partial charge in [0.1, 0.15) is 0 Å². The lowest BCUT2D eigenvalue weighted by atomic mass is 10.2. The molecule has 0 spiro atoms. The van der Waals surface area contributed by atoms with Crippen LogP contribution in [0.15, 0.2) is 0 Å². The number of carbonyl (C=O) groups is 1. The summed E-state index contributed by atoms with van der Waals surface area (Å²) in [6.45, 7) is 5.23. The Kier molecular flexibility index (Phi) is 2.73. The van der Waals surface area contributed by atoms with Crippen molar-refractivity contribution in [2.75, 3.05) is 39.3 Å². The van der Waals surface area contributed by atoms with Gasteiger partial charge in [-0.05, 0) is 12.8 Å². The van der Waals surface area contributed by atoms with E-state index >= 15 is 0 Å². The Morgan fingerprint density at radius 3 is 3.19 bits per heavy atom. The third kappa shape index (κ3) is 1.78. The zero-order valence-corrected chi connectivity index (χ0v) is 9.52. The molecule has 0 aromatic heterocycles. The number of hydrogen-bond acceptors (Lipinski definition) is 3. The molecule has 3 fully saturated rings. The molecule has 0 aromatic rings. The second-order valence-electron chi connectivity index (χ2n) is 4.87. The number of carbonyl (C=O) groups excluding carboxylic acids is 1. The number of ether oxygens (including phenoxy) is 1.